The number of rotatable bonds is 7. The summed E-state index contributed by atoms with van der Waals surface area (Å²) in [7, 11) is 0. The van der Waals surface area contributed by atoms with E-state index in [1.54, 1.807) is 0 Å². The van der Waals surface area contributed by atoms with Crippen molar-refractivity contribution in [1.82, 2.24) is 19.8 Å². The van der Waals surface area contributed by atoms with Crippen LogP contribution in [0.3, 0.4) is 0 Å². The average Bonchev–Trinajstić information content (AvgIpc) is 2.81. The van der Waals surface area contributed by atoms with Crippen molar-refractivity contribution in [2.75, 3.05) is 26.2 Å². The van der Waals surface area contributed by atoms with Crippen LogP contribution in [0.2, 0.25) is 0 Å². The van der Waals surface area contributed by atoms with Crippen molar-refractivity contribution in [3.8, 4) is 0 Å². The van der Waals surface area contributed by atoms with Gasteiger partial charge in [-0.25, -0.2) is 4.98 Å². The minimum absolute atomic E-state index is 0.794. The standard InChI is InChI=1S/C15H28N4/c1-14-6-3-4-10-18(14)11-5-7-16-8-12-19-13-9-17-15(19)2/h9,13-14,16H,3-8,10-12H2,1-2H3. The molecule has 4 nitrogen and oxygen atoms in total. The van der Waals surface area contributed by atoms with Crippen molar-refractivity contribution in [3.05, 3.63) is 18.2 Å². The maximum Gasteiger partial charge on any atom is 0.105 e. The van der Waals surface area contributed by atoms with Gasteiger partial charge in [-0.05, 0) is 52.7 Å². The highest BCUT2D eigenvalue weighted by atomic mass is 15.2. The number of nitrogens with one attached hydrogen (secondary N) is 1. The highest BCUT2D eigenvalue weighted by Gasteiger charge is 2.16. The lowest BCUT2D eigenvalue weighted by Crippen LogP contribution is -2.39. The van der Waals surface area contributed by atoms with Crippen molar-refractivity contribution in [2.45, 2.75) is 52.1 Å². The minimum atomic E-state index is 0.794. The molecule has 1 aliphatic rings. The van der Waals surface area contributed by atoms with Crippen LogP contribution < -0.4 is 5.32 Å². The van der Waals surface area contributed by atoms with E-state index in [1.165, 1.54) is 38.8 Å². The largest absolute Gasteiger partial charge is 0.334 e. The molecule has 0 radical (unpaired) electrons. The maximum absolute atomic E-state index is 4.23. The molecule has 1 N–H and O–H groups in total. The van der Waals surface area contributed by atoms with E-state index in [0.717, 1.165) is 31.5 Å². The fourth-order valence-electron chi connectivity index (χ4n) is 2.86. The van der Waals surface area contributed by atoms with Crippen molar-refractivity contribution < 1.29 is 0 Å². The van der Waals surface area contributed by atoms with Crippen LogP contribution in [0.4, 0.5) is 0 Å². The molecule has 0 spiro atoms. The molecule has 0 aliphatic carbocycles. The summed E-state index contributed by atoms with van der Waals surface area (Å²) >= 11 is 0. The Morgan fingerprint density at radius 3 is 2.95 bits per heavy atom. The second kappa shape index (κ2) is 7.65. The fourth-order valence-corrected chi connectivity index (χ4v) is 2.86. The summed E-state index contributed by atoms with van der Waals surface area (Å²) in [6.45, 7) is 10.1. The van der Waals surface area contributed by atoms with Gasteiger partial charge in [-0.15, -0.1) is 0 Å². The Balaban J connectivity index is 1.51. The topological polar surface area (TPSA) is 33.1 Å². The van der Waals surface area contributed by atoms with E-state index in [9.17, 15) is 0 Å². The first-order valence-corrected chi connectivity index (χ1v) is 7.70. The van der Waals surface area contributed by atoms with Crippen LogP contribution in [-0.4, -0.2) is 46.7 Å². The molecule has 1 aromatic heterocycles. The van der Waals surface area contributed by atoms with Crippen molar-refractivity contribution in [2.24, 2.45) is 0 Å². The lowest BCUT2D eigenvalue weighted by molar-refractivity contribution is 0.159. The number of hydrogen-bond donors (Lipinski definition) is 1. The zero-order valence-electron chi connectivity index (χ0n) is 12.4. The van der Waals surface area contributed by atoms with E-state index < -0.39 is 0 Å². The SMILES string of the molecule is Cc1nccn1CCNCCCN1CCCCC1C. The first-order chi connectivity index (χ1) is 9.27. The monoisotopic (exact) mass is 264 g/mol. The molecule has 2 heterocycles. The predicted octanol–water partition coefficient (Wildman–Crippen LogP) is 2.05. The Bertz CT molecular complexity index is 361. The lowest BCUT2D eigenvalue weighted by Gasteiger charge is -2.33. The van der Waals surface area contributed by atoms with Gasteiger partial charge >= 0.3 is 0 Å². The van der Waals surface area contributed by atoms with E-state index in [1.807, 2.05) is 12.4 Å². The third-order valence-corrected chi connectivity index (χ3v) is 4.19. The first-order valence-electron chi connectivity index (χ1n) is 7.70. The molecule has 0 saturated carbocycles. The third-order valence-electron chi connectivity index (χ3n) is 4.19. The van der Waals surface area contributed by atoms with Gasteiger partial charge in [0.05, 0.1) is 0 Å². The molecular formula is C15H28N4. The van der Waals surface area contributed by atoms with Gasteiger partial charge in [-0.2, -0.15) is 0 Å². The maximum atomic E-state index is 4.23. The molecule has 1 unspecified atom stereocenters. The summed E-state index contributed by atoms with van der Waals surface area (Å²) in [5, 5.41) is 3.53. The molecule has 19 heavy (non-hydrogen) atoms. The quantitative estimate of drug-likeness (QED) is 0.765. The highest BCUT2D eigenvalue weighted by Crippen LogP contribution is 2.15. The Hall–Kier alpha value is -0.870. The van der Waals surface area contributed by atoms with Crippen LogP contribution in [0.25, 0.3) is 0 Å². The normalized spacial score (nSPS) is 20.8. The smallest absolute Gasteiger partial charge is 0.105 e. The highest BCUT2D eigenvalue weighted by molar-refractivity contribution is 4.88. The van der Waals surface area contributed by atoms with Crippen LogP contribution in [0.1, 0.15) is 38.4 Å². The summed E-state index contributed by atoms with van der Waals surface area (Å²) in [5.74, 6) is 1.10. The van der Waals surface area contributed by atoms with Gasteiger partial charge in [0.2, 0.25) is 0 Å². The van der Waals surface area contributed by atoms with Crippen molar-refractivity contribution in [1.29, 1.82) is 0 Å². The van der Waals surface area contributed by atoms with Gasteiger partial charge in [0.15, 0.2) is 0 Å². The van der Waals surface area contributed by atoms with Crippen LogP contribution >= 0.6 is 0 Å². The summed E-state index contributed by atoms with van der Waals surface area (Å²) in [4.78, 5) is 6.87. The minimum Gasteiger partial charge on any atom is -0.334 e. The number of piperidine rings is 1. The number of imidazole rings is 1. The Labute approximate surface area is 117 Å². The molecule has 1 aromatic rings. The molecule has 0 aromatic carbocycles. The zero-order valence-corrected chi connectivity index (χ0v) is 12.4. The van der Waals surface area contributed by atoms with Crippen LogP contribution in [0.5, 0.6) is 0 Å². The molecule has 0 amide bonds. The molecular weight excluding hydrogens is 236 g/mol. The fraction of sp³-hybridized carbons (Fsp3) is 0.800. The molecule has 1 aliphatic heterocycles. The Kier molecular flexibility index (Phi) is 5.86. The first kappa shape index (κ1) is 14.5. The van der Waals surface area contributed by atoms with Crippen molar-refractivity contribution in [3.63, 3.8) is 0 Å². The third kappa shape index (κ3) is 4.62. The van der Waals surface area contributed by atoms with Gasteiger partial charge in [0.25, 0.3) is 0 Å². The van der Waals surface area contributed by atoms with Gasteiger partial charge in [-0.1, -0.05) is 6.42 Å². The molecule has 4 heteroatoms. The molecule has 0 bridgehead atoms. The molecule has 1 atom stereocenters. The van der Waals surface area contributed by atoms with Crippen LogP contribution in [0.15, 0.2) is 12.4 Å². The Morgan fingerprint density at radius 2 is 2.21 bits per heavy atom. The predicted molar refractivity (Wildman–Crippen MR) is 79.3 cm³/mol. The number of likely N-dealkylation sites (tertiary alicyclic amines) is 1. The van der Waals surface area contributed by atoms with Gasteiger partial charge in [0.1, 0.15) is 5.82 Å². The van der Waals surface area contributed by atoms with E-state index in [0.29, 0.717) is 0 Å². The van der Waals surface area contributed by atoms with E-state index >= 15 is 0 Å². The number of aryl methyl sites for hydroxylation is 1. The van der Waals surface area contributed by atoms with Crippen LogP contribution in [-0.2, 0) is 6.54 Å². The molecule has 108 valence electrons. The zero-order chi connectivity index (χ0) is 13.5. The number of nitrogens with zero attached hydrogens (tertiary/aromatic N) is 3. The van der Waals surface area contributed by atoms with Gasteiger partial charge < -0.3 is 14.8 Å². The number of aromatic nitrogens is 2. The second-order valence-electron chi connectivity index (χ2n) is 5.65. The number of hydrogen-bond acceptors (Lipinski definition) is 3. The van der Waals surface area contributed by atoms with Gasteiger partial charge in [0, 0.05) is 31.5 Å². The lowest BCUT2D eigenvalue weighted by atomic mass is 10.0. The summed E-state index contributed by atoms with van der Waals surface area (Å²) < 4.78 is 2.19. The van der Waals surface area contributed by atoms with E-state index in [4.69, 9.17) is 0 Å². The Morgan fingerprint density at radius 1 is 1.32 bits per heavy atom. The summed E-state index contributed by atoms with van der Waals surface area (Å²) in [6.07, 6.45) is 9.36. The van der Waals surface area contributed by atoms with Crippen molar-refractivity contribution >= 4 is 0 Å². The van der Waals surface area contributed by atoms with Crippen LogP contribution in [0, 0.1) is 6.92 Å². The summed E-state index contributed by atoms with van der Waals surface area (Å²) in [5.41, 5.74) is 0. The van der Waals surface area contributed by atoms with E-state index in [-0.39, 0.29) is 0 Å². The summed E-state index contributed by atoms with van der Waals surface area (Å²) in [6, 6.07) is 0.794. The molecule has 2 rings (SSSR count). The molecule has 1 saturated heterocycles. The van der Waals surface area contributed by atoms with E-state index in [2.05, 4.69) is 33.6 Å². The average molecular weight is 264 g/mol. The van der Waals surface area contributed by atoms with Gasteiger partial charge in [-0.3, -0.25) is 0 Å². The molecule has 1 fully saturated rings. The second-order valence-corrected chi connectivity index (χ2v) is 5.65.